The Bertz CT molecular complexity index is 493. The molecule has 1 aromatic rings. The van der Waals surface area contributed by atoms with E-state index in [1.54, 1.807) is 19.1 Å². The Morgan fingerprint density at radius 2 is 2.17 bits per heavy atom. The van der Waals surface area contributed by atoms with Gasteiger partial charge in [-0.1, -0.05) is 19.1 Å². The molecule has 1 fully saturated rings. The maximum Gasteiger partial charge on any atom is 0.180 e. The number of thioether (sulfide) groups is 1. The van der Waals surface area contributed by atoms with Gasteiger partial charge in [0.1, 0.15) is 0 Å². The molecule has 0 aliphatic carbocycles. The quantitative estimate of drug-likeness (QED) is 0.924. The van der Waals surface area contributed by atoms with Gasteiger partial charge in [0.2, 0.25) is 0 Å². The Hall–Kier alpha value is -0.680. The van der Waals surface area contributed by atoms with Gasteiger partial charge >= 0.3 is 0 Å². The van der Waals surface area contributed by atoms with Crippen LogP contribution >= 0.6 is 11.8 Å². The summed E-state index contributed by atoms with van der Waals surface area (Å²) in [7, 11) is -3.15. The summed E-state index contributed by atoms with van der Waals surface area (Å²) < 4.78 is 24.0. The molecule has 1 aliphatic rings. The molecule has 1 N–H and O–H groups in total. The lowest BCUT2D eigenvalue weighted by Gasteiger charge is -2.24. The Morgan fingerprint density at radius 1 is 1.39 bits per heavy atom. The molecule has 0 aromatic heterocycles. The van der Waals surface area contributed by atoms with Crippen molar-refractivity contribution in [3.05, 3.63) is 24.3 Å². The number of anilines is 1. The topological polar surface area (TPSA) is 46.2 Å². The van der Waals surface area contributed by atoms with E-state index < -0.39 is 9.84 Å². The van der Waals surface area contributed by atoms with Gasteiger partial charge < -0.3 is 5.32 Å². The molecule has 1 atom stereocenters. The van der Waals surface area contributed by atoms with Crippen molar-refractivity contribution in [2.45, 2.75) is 30.7 Å². The van der Waals surface area contributed by atoms with E-state index in [1.165, 1.54) is 12.2 Å². The predicted octanol–water partition coefficient (Wildman–Crippen LogP) is 2.79. The highest BCUT2D eigenvalue weighted by atomic mass is 32.2. The maximum atomic E-state index is 12.0. The average Bonchev–Trinajstić information content (AvgIpc) is 2.40. The number of benzene rings is 1. The molecule has 1 aliphatic heterocycles. The van der Waals surface area contributed by atoms with Gasteiger partial charge in [-0.05, 0) is 30.7 Å². The van der Waals surface area contributed by atoms with E-state index >= 15 is 0 Å². The van der Waals surface area contributed by atoms with Crippen molar-refractivity contribution >= 4 is 27.3 Å². The van der Waals surface area contributed by atoms with Gasteiger partial charge in [-0.3, -0.25) is 0 Å². The molecule has 1 heterocycles. The van der Waals surface area contributed by atoms with Gasteiger partial charge in [0.25, 0.3) is 0 Å². The van der Waals surface area contributed by atoms with Crippen LogP contribution < -0.4 is 5.32 Å². The van der Waals surface area contributed by atoms with Crippen LogP contribution in [0.2, 0.25) is 0 Å². The molecule has 3 nitrogen and oxygen atoms in total. The number of hydrogen-bond donors (Lipinski definition) is 1. The number of rotatable bonds is 4. The fourth-order valence-corrected chi connectivity index (χ4v) is 4.22. The zero-order valence-electron chi connectivity index (χ0n) is 10.6. The second-order valence-electron chi connectivity index (χ2n) is 4.46. The van der Waals surface area contributed by atoms with Crippen LogP contribution in [0.5, 0.6) is 0 Å². The highest BCUT2D eigenvalue weighted by Gasteiger charge is 2.19. The monoisotopic (exact) mass is 285 g/mol. The van der Waals surface area contributed by atoms with Crippen molar-refractivity contribution in [1.82, 2.24) is 0 Å². The second kappa shape index (κ2) is 5.97. The highest BCUT2D eigenvalue weighted by Crippen LogP contribution is 2.26. The van der Waals surface area contributed by atoms with E-state index in [4.69, 9.17) is 0 Å². The summed E-state index contributed by atoms with van der Waals surface area (Å²) in [5.74, 6) is 2.42. The first-order chi connectivity index (χ1) is 8.63. The molecule has 0 spiro atoms. The Morgan fingerprint density at radius 3 is 2.83 bits per heavy atom. The molecule has 0 bridgehead atoms. The van der Waals surface area contributed by atoms with E-state index in [0.717, 1.165) is 17.9 Å². The van der Waals surface area contributed by atoms with Crippen molar-refractivity contribution in [2.75, 3.05) is 22.6 Å². The van der Waals surface area contributed by atoms with Crippen molar-refractivity contribution in [3.8, 4) is 0 Å². The molecule has 0 amide bonds. The van der Waals surface area contributed by atoms with E-state index in [0.29, 0.717) is 10.9 Å². The minimum atomic E-state index is -3.15. The van der Waals surface area contributed by atoms with Gasteiger partial charge in [-0.25, -0.2) is 8.42 Å². The summed E-state index contributed by atoms with van der Waals surface area (Å²) in [6.07, 6.45) is 2.32. The fraction of sp³-hybridized carbons (Fsp3) is 0.538. The number of nitrogens with one attached hydrogen (secondary N) is 1. The molecule has 2 rings (SSSR count). The van der Waals surface area contributed by atoms with E-state index in [9.17, 15) is 8.42 Å². The first kappa shape index (κ1) is 13.7. The largest absolute Gasteiger partial charge is 0.380 e. The predicted molar refractivity (Wildman–Crippen MR) is 78.1 cm³/mol. The molecule has 0 saturated carbocycles. The van der Waals surface area contributed by atoms with Crippen LogP contribution in [-0.4, -0.2) is 31.7 Å². The van der Waals surface area contributed by atoms with Crippen LogP contribution in [0.3, 0.4) is 0 Å². The molecule has 5 heteroatoms. The van der Waals surface area contributed by atoms with E-state index in [1.807, 2.05) is 23.9 Å². The molecule has 1 aromatic carbocycles. The smallest absolute Gasteiger partial charge is 0.180 e. The standard InChI is InChI=1S/C13H19NO2S2/c1-2-18(15,16)13-8-4-3-7-12(13)14-11-6-5-9-17-10-11/h3-4,7-8,11,14H,2,5-6,9-10H2,1H3. The maximum absolute atomic E-state index is 12.0. The summed E-state index contributed by atoms with van der Waals surface area (Å²) in [6.45, 7) is 1.68. The van der Waals surface area contributed by atoms with Gasteiger partial charge in [-0.15, -0.1) is 0 Å². The molecular weight excluding hydrogens is 266 g/mol. The van der Waals surface area contributed by atoms with Crippen molar-refractivity contribution in [3.63, 3.8) is 0 Å². The van der Waals surface area contributed by atoms with E-state index in [2.05, 4.69) is 5.32 Å². The minimum absolute atomic E-state index is 0.144. The lowest BCUT2D eigenvalue weighted by atomic mass is 10.1. The lowest BCUT2D eigenvalue weighted by Crippen LogP contribution is -2.26. The van der Waals surface area contributed by atoms with Crippen molar-refractivity contribution in [2.24, 2.45) is 0 Å². The third-order valence-corrected chi connectivity index (χ3v) is 6.12. The number of sulfone groups is 1. The van der Waals surface area contributed by atoms with Crippen molar-refractivity contribution in [1.29, 1.82) is 0 Å². The van der Waals surface area contributed by atoms with Gasteiger partial charge in [0.15, 0.2) is 9.84 Å². The zero-order chi connectivity index (χ0) is 13.0. The first-order valence-electron chi connectivity index (χ1n) is 6.29. The summed E-state index contributed by atoms with van der Waals surface area (Å²) in [6, 6.07) is 7.60. The zero-order valence-corrected chi connectivity index (χ0v) is 12.2. The van der Waals surface area contributed by atoms with Gasteiger partial charge in [-0.2, -0.15) is 11.8 Å². The highest BCUT2D eigenvalue weighted by molar-refractivity contribution is 7.99. The van der Waals surface area contributed by atoms with Crippen LogP contribution in [-0.2, 0) is 9.84 Å². The molecule has 1 unspecified atom stereocenters. The normalized spacial score (nSPS) is 20.6. The van der Waals surface area contributed by atoms with Crippen LogP contribution in [0.1, 0.15) is 19.8 Å². The third kappa shape index (κ3) is 3.20. The SMILES string of the molecule is CCS(=O)(=O)c1ccccc1NC1CCCSC1. The minimum Gasteiger partial charge on any atom is -0.380 e. The van der Waals surface area contributed by atoms with Crippen LogP contribution in [0.4, 0.5) is 5.69 Å². The summed E-state index contributed by atoms with van der Waals surface area (Å²) >= 11 is 1.93. The number of hydrogen-bond acceptors (Lipinski definition) is 4. The van der Waals surface area contributed by atoms with Gasteiger partial charge in [0, 0.05) is 11.8 Å². The average molecular weight is 285 g/mol. The molecule has 100 valence electrons. The van der Waals surface area contributed by atoms with Crippen LogP contribution in [0, 0.1) is 0 Å². The van der Waals surface area contributed by atoms with Gasteiger partial charge in [0.05, 0.1) is 16.3 Å². The summed E-state index contributed by atoms with van der Waals surface area (Å²) in [5.41, 5.74) is 0.756. The Balaban J connectivity index is 2.22. The molecular formula is C13H19NO2S2. The third-order valence-electron chi connectivity index (χ3n) is 3.12. The van der Waals surface area contributed by atoms with Crippen LogP contribution in [0.25, 0.3) is 0 Å². The summed E-state index contributed by atoms with van der Waals surface area (Å²) in [4.78, 5) is 0.433. The van der Waals surface area contributed by atoms with Crippen molar-refractivity contribution < 1.29 is 8.42 Å². The fourth-order valence-electron chi connectivity index (χ4n) is 2.09. The summed E-state index contributed by atoms with van der Waals surface area (Å²) in [5, 5.41) is 3.39. The molecule has 0 radical (unpaired) electrons. The van der Waals surface area contributed by atoms with E-state index in [-0.39, 0.29) is 5.75 Å². The molecule has 1 saturated heterocycles. The van der Waals surface area contributed by atoms with Crippen LogP contribution in [0.15, 0.2) is 29.2 Å². The Labute approximate surface area is 113 Å². The first-order valence-corrected chi connectivity index (χ1v) is 9.10. The molecule has 18 heavy (non-hydrogen) atoms. The Kier molecular flexibility index (Phi) is 4.56. The lowest BCUT2D eigenvalue weighted by molar-refractivity contribution is 0.597. The second-order valence-corrected chi connectivity index (χ2v) is 7.85. The number of para-hydroxylation sites is 1.